The van der Waals surface area contributed by atoms with Crippen molar-refractivity contribution in [1.82, 2.24) is 4.90 Å². The number of carbonyl (C=O) groups is 2. The number of carboxylic acid groups (broad SMARTS) is 1. The molecule has 3 N–H and O–H groups in total. The molecule has 1 unspecified atom stereocenters. The molecule has 0 aromatic heterocycles. The zero-order valence-electron chi connectivity index (χ0n) is 14.5. The maximum atomic E-state index is 12.0. The first-order valence-corrected chi connectivity index (χ1v) is 9.80. The van der Waals surface area contributed by atoms with Crippen LogP contribution >= 0.6 is 0 Å². The number of nitrogens with zero attached hydrogens (tertiary/aromatic N) is 2. The Balaban J connectivity index is 2.39. The Morgan fingerprint density at radius 3 is 2.40 bits per heavy atom. The Morgan fingerprint density at radius 2 is 1.92 bits per heavy atom. The highest BCUT2D eigenvalue weighted by atomic mass is 32.2. The third kappa shape index (κ3) is 4.04. The molecule has 8 nitrogen and oxygen atoms in total. The maximum Gasteiger partial charge on any atom is 0.407 e. The van der Waals surface area contributed by atoms with E-state index in [1.807, 2.05) is 18.7 Å². The van der Waals surface area contributed by atoms with Crippen LogP contribution in [0.5, 0.6) is 0 Å². The Hall–Kier alpha value is -2.29. The van der Waals surface area contributed by atoms with E-state index in [0.29, 0.717) is 25.3 Å². The first-order valence-electron chi connectivity index (χ1n) is 7.90. The molecule has 0 saturated carbocycles. The molecule has 1 saturated heterocycles. The van der Waals surface area contributed by atoms with Crippen molar-refractivity contribution in [3.8, 4) is 0 Å². The summed E-state index contributed by atoms with van der Waals surface area (Å²) < 4.78 is 24.0. The van der Waals surface area contributed by atoms with Crippen molar-refractivity contribution in [2.24, 2.45) is 11.7 Å². The average Bonchev–Trinajstić information content (AvgIpc) is 2.52. The molecule has 138 valence electrons. The Bertz CT molecular complexity index is 791. The monoisotopic (exact) mass is 369 g/mol. The minimum Gasteiger partial charge on any atom is -0.465 e. The lowest BCUT2D eigenvalue weighted by Gasteiger charge is -2.43. The normalized spacial score (nSPS) is 18.5. The van der Waals surface area contributed by atoms with E-state index in [4.69, 9.17) is 5.73 Å². The van der Waals surface area contributed by atoms with E-state index >= 15 is 0 Å². The van der Waals surface area contributed by atoms with Crippen LogP contribution in [0.4, 0.5) is 10.5 Å². The standard InChI is InChI=1S/C16H23N3O5S/c1-10(2)13-9-18(6-7-19(13)16(21)22)11-4-5-12(15(17)20)14(8-11)25(3,23)24/h4-5,8,10,13H,6-7,9H2,1-3H3,(H2,17,20)(H,21,22). The number of primary amides is 1. The molecular weight excluding hydrogens is 346 g/mol. The molecule has 9 heteroatoms. The van der Waals surface area contributed by atoms with Crippen molar-refractivity contribution in [2.45, 2.75) is 24.8 Å². The fourth-order valence-electron chi connectivity index (χ4n) is 3.07. The predicted octanol–water partition coefficient (Wildman–Crippen LogP) is 1.01. The smallest absolute Gasteiger partial charge is 0.407 e. The molecule has 1 heterocycles. The lowest BCUT2D eigenvalue weighted by Crippen LogP contribution is -2.57. The van der Waals surface area contributed by atoms with Gasteiger partial charge in [-0.15, -0.1) is 0 Å². The van der Waals surface area contributed by atoms with E-state index < -0.39 is 21.8 Å². The third-order valence-electron chi connectivity index (χ3n) is 4.43. The molecular formula is C16H23N3O5S. The number of nitrogens with two attached hydrogens (primary N) is 1. The minimum absolute atomic E-state index is 0.0455. The van der Waals surface area contributed by atoms with Crippen LogP contribution in [0.25, 0.3) is 0 Å². The summed E-state index contributed by atoms with van der Waals surface area (Å²) in [4.78, 5) is 26.1. The molecule has 1 fully saturated rings. The summed E-state index contributed by atoms with van der Waals surface area (Å²) in [6.07, 6.45) is 0.0666. The van der Waals surface area contributed by atoms with Gasteiger partial charge in [-0.05, 0) is 24.1 Å². The Labute approximate surface area is 147 Å². The molecule has 1 atom stereocenters. The van der Waals surface area contributed by atoms with Gasteiger partial charge < -0.3 is 20.6 Å². The number of benzene rings is 1. The summed E-state index contributed by atoms with van der Waals surface area (Å²) >= 11 is 0. The van der Waals surface area contributed by atoms with Gasteiger partial charge in [-0.25, -0.2) is 13.2 Å². The first-order chi connectivity index (χ1) is 11.5. The number of hydrogen-bond acceptors (Lipinski definition) is 5. The molecule has 1 aliphatic heterocycles. The van der Waals surface area contributed by atoms with Crippen molar-refractivity contribution in [2.75, 3.05) is 30.8 Å². The maximum absolute atomic E-state index is 12.0. The van der Waals surface area contributed by atoms with Gasteiger partial charge in [-0.1, -0.05) is 13.8 Å². The fourth-order valence-corrected chi connectivity index (χ4v) is 3.97. The lowest BCUT2D eigenvalue weighted by atomic mass is 9.99. The molecule has 0 spiro atoms. The lowest BCUT2D eigenvalue weighted by molar-refractivity contribution is 0.0994. The summed E-state index contributed by atoms with van der Waals surface area (Å²) in [7, 11) is -3.63. The Morgan fingerprint density at radius 1 is 1.28 bits per heavy atom. The average molecular weight is 369 g/mol. The van der Waals surface area contributed by atoms with Crippen LogP contribution in [-0.2, 0) is 9.84 Å². The van der Waals surface area contributed by atoms with Gasteiger partial charge in [0.2, 0.25) is 5.91 Å². The summed E-state index contributed by atoms with van der Waals surface area (Å²) in [5.41, 5.74) is 5.84. The predicted molar refractivity (Wildman–Crippen MR) is 93.6 cm³/mol. The first kappa shape index (κ1) is 19.0. The van der Waals surface area contributed by atoms with Crippen LogP contribution in [0.1, 0.15) is 24.2 Å². The molecule has 0 bridgehead atoms. The second-order valence-electron chi connectivity index (χ2n) is 6.55. The number of piperazine rings is 1. The Kier molecular flexibility index (Phi) is 5.26. The summed E-state index contributed by atoms with van der Waals surface area (Å²) in [5, 5.41) is 9.34. The fraction of sp³-hybridized carbons (Fsp3) is 0.500. The largest absolute Gasteiger partial charge is 0.465 e. The van der Waals surface area contributed by atoms with Gasteiger partial charge in [0.1, 0.15) is 0 Å². The van der Waals surface area contributed by atoms with Gasteiger partial charge in [-0.3, -0.25) is 4.79 Å². The van der Waals surface area contributed by atoms with E-state index in [-0.39, 0.29) is 22.4 Å². The van der Waals surface area contributed by atoms with Crippen LogP contribution in [0.2, 0.25) is 0 Å². The van der Waals surface area contributed by atoms with E-state index in [0.717, 1.165) is 6.26 Å². The molecule has 0 aliphatic carbocycles. The molecule has 1 aromatic carbocycles. The van der Waals surface area contributed by atoms with E-state index in [2.05, 4.69) is 0 Å². The van der Waals surface area contributed by atoms with Gasteiger partial charge in [0.05, 0.1) is 16.5 Å². The van der Waals surface area contributed by atoms with Crippen molar-refractivity contribution in [1.29, 1.82) is 0 Å². The van der Waals surface area contributed by atoms with E-state index in [1.54, 1.807) is 6.07 Å². The van der Waals surface area contributed by atoms with E-state index in [9.17, 15) is 23.1 Å². The number of anilines is 1. The molecule has 2 amide bonds. The second-order valence-corrected chi connectivity index (χ2v) is 8.53. The molecule has 1 aromatic rings. The summed E-state index contributed by atoms with van der Waals surface area (Å²) in [5.74, 6) is -0.694. The quantitative estimate of drug-likeness (QED) is 0.817. The van der Waals surface area contributed by atoms with Crippen molar-refractivity contribution in [3.63, 3.8) is 0 Å². The van der Waals surface area contributed by atoms with Crippen molar-refractivity contribution >= 4 is 27.5 Å². The zero-order chi connectivity index (χ0) is 18.9. The topological polar surface area (TPSA) is 121 Å². The second kappa shape index (κ2) is 6.91. The number of carbonyl (C=O) groups excluding carboxylic acids is 1. The molecule has 2 rings (SSSR count). The van der Waals surface area contributed by atoms with Gasteiger partial charge in [-0.2, -0.15) is 0 Å². The highest BCUT2D eigenvalue weighted by Gasteiger charge is 2.33. The number of hydrogen-bond donors (Lipinski definition) is 2. The van der Waals surface area contributed by atoms with Gasteiger partial charge in [0, 0.05) is 31.6 Å². The molecule has 25 heavy (non-hydrogen) atoms. The van der Waals surface area contributed by atoms with Crippen LogP contribution < -0.4 is 10.6 Å². The number of rotatable bonds is 4. The summed E-state index contributed by atoms with van der Waals surface area (Å²) in [6, 6.07) is 4.28. The van der Waals surface area contributed by atoms with Gasteiger partial charge in [0.15, 0.2) is 9.84 Å². The third-order valence-corrected chi connectivity index (χ3v) is 5.57. The highest BCUT2D eigenvalue weighted by molar-refractivity contribution is 7.90. The number of amides is 2. The van der Waals surface area contributed by atoms with Crippen LogP contribution in [-0.4, -0.2) is 62.4 Å². The molecule has 1 aliphatic rings. The van der Waals surface area contributed by atoms with Crippen LogP contribution in [0, 0.1) is 5.92 Å². The van der Waals surface area contributed by atoms with Crippen LogP contribution in [0.3, 0.4) is 0 Å². The minimum atomic E-state index is -3.63. The van der Waals surface area contributed by atoms with Gasteiger partial charge >= 0.3 is 6.09 Å². The van der Waals surface area contributed by atoms with Gasteiger partial charge in [0.25, 0.3) is 0 Å². The molecule has 0 radical (unpaired) electrons. The summed E-state index contributed by atoms with van der Waals surface area (Å²) in [6.45, 7) is 5.10. The van der Waals surface area contributed by atoms with E-state index in [1.165, 1.54) is 17.0 Å². The van der Waals surface area contributed by atoms with Crippen molar-refractivity contribution < 1.29 is 23.1 Å². The van der Waals surface area contributed by atoms with Crippen molar-refractivity contribution in [3.05, 3.63) is 23.8 Å². The van der Waals surface area contributed by atoms with Crippen LogP contribution in [0.15, 0.2) is 23.1 Å². The number of sulfone groups is 1. The SMILES string of the molecule is CC(C)C1CN(c2ccc(C(N)=O)c(S(C)(=O)=O)c2)CCN1C(=O)O. The zero-order valence-corrected chi connectivity index (χ0v) is 15.3. The highest BCUT2D eigenvalue weighted by Crippen LogP contribution is 2.27.